The maximum absolute atomic E-state index is 13.4. The van der Waals surface area contributed by atoms with Crippen molar-refractivity contribution in [1.82, 2.24) is 9.88 Å². The Hall–Kier alpha value is -4.33. The first-order valence-corrected chi connectivity index (χ1v) is 11.6. The Morgan fingerprint density at radius 3 is 2.58 bits per heavy atom. The summed E-state index contributed by atoms with van der Waals surface area (Å²) in [4.78, 5) is 32.2. The van der Waals surface area contributed by atoms with Crippen molar-refractivity contribution in [1.29, 1.82) is 0 Å². The van der Waals surface area contributed by atoms with Gasteiger partial charge in [-0.2, -0.15) is 0 Å². The Morgan fingerprint density at radius 2 is 1.86 bits per heavy atom. The first-order chi connectivity index (χ1) is 17.4. The van der Waals surface area contributed by atoms with Crippen LogP contribution >= 0.6 is 0 Å². The number of aliphatic hydroxyl groups is 1. The summed E-state index contributed by atoms with van der Waals surface area (Å²) in [6, 6.07) is 13.2. The molecule has 3 heterocycles. The fraction of sp³-hybridized carbons (Fsp3) is 0.250. The standard InChI is InChI=1S/C28H26N2O6/c1-16-12-19-13-18(4-7-22(19)36-16)26(31)24-25(21-6-5-20(34-2)14-23(21)35-3)30(28(33)27(24)32)15-17-8-10-29-11-9-17/h4-11,13-14,16,25,31H,12,15H2,1-3H3. The van der Waals surface area contributed by atoms with Crippen molar-refractivity contribution in [2.45, 2.75) is 32.0 Å². The van der Waals surface area contributed by atoms with Crippen LogP contribution in [0.2, 0.25) is 0 Å². The van der Waals surface area contributed by atoms with Gasteiger partial charge in [0.05, 0.1) is 25.8 Å². The van der Waals surface area contributed by atoms with Crippen molar-refractivity contribution in [3.63, 3.8) is 0 Å². The van der Waals surface area contributed by atoms with Gasteiger partial charge in [-0.3, -0.25) is 14.6 Å². The summed E-state index contributed by atoms with van der Waals surface area (Å²) in [5.41, 5.74) is 2.76. The number of rotatable bonds is 6. The molecule has 1 amide bonds. The molecule has 1 aromatic heterocycles. The molecule has 0 saturated carbocycles. The average Bonchev–Trinajstić information content (AvgIpc) is 3.39. The number of aliphatic hydroxyl groups excluding tert-OH is 1. The van der Waals surface area contributed by atoms with Gasteiger partial charge in [0.2, 0.25) is 0 Å². The monoisotopic (exact) mass is 486 g/mol. The molecule has 3 aromatic rings. The number of methoxy groups -OCH3 is 2. The number of ketones is 1. The van der Waals surface area contributed by atoms with Crippen LogP contribution in [0.4, 0.5) is 0 Å². The van der Waals surface area contributed by atoms with Crippen molar-refractivity contribution < 1.29 is 28.9 Å². The summed E-state index contributed by atoms with van der Waals surface area (Å²) in [5.74, 6) is 0.0581. The van der Waals surface area contributed by atoms with Gasteiger partial charge < -0.3 is 24.2 Å². The molecule has 2 aliphatic rings. The number of hydrogen-bond acceptors (Lipinski definition) is 7. The second kappa shape index (κ2) is 9.37. The van der Waals surface area contributed by atoms with E-state index in [0.29, 0.717) is 29.0 Å². The van der Waals surface area contributed by atoms with Gasteiger partial charge in [0, 0.05) is 42.6 Å². The molecule has 2 unspecified atom stereocenters. The van der Waals surface area contributed by atoms with E-state index < -0.39 is 17.7 Å². The molecule has 0 spiro atoms. The van der Waals surface area contributed by atoms with Crippen LogP contribution in [0, 0.1) is 0 Å². The minimum atomic E-state index is -0.873. The quantitative estimate of drug-likeness (QED) is 0.319. The Labute approximate surface area is 208 Å². The smallest absolute Gasteiger partial charge is 0.295 e. The number of likely N-dealkylation sites (tertiary alicyclic amines) is 1. The second-order valence-corrected chi connectivity index (χ2v) is 8.85. The van der Waals surface area contributed by atoms with Gasteiger partial charge in [-0.15, -0.1) is 0 Å². The van der Waals surface area contributed by atoms with E-state index in [1.807, 2.05) is 13.0 Å². The predicted octanol–water partition coefficient (Wildman–Crippen LogP) is 4.04. The molecule has 1 N–H and O–H groups in total. The average molecular weight is 487 g/mol. The van der Waals surface area contributed by atoms with Crippen molar-refractivity contribution in [3.8, 4) is 17.2 Å². The molecule has 1 fully saturated rings. The number of ether oxygens (including phenoxy) is 3. The molecule has 8 heteroatoms. The topological polar surface area (TPSA) is 98.2 Å². The van der Waals surface area contributed by atoms with E-state index in [-0.39, 0.29) is 24.0 Å². The van der Waals surface area contributed by atoms with Gasteiger partial charge in [0.25, 0.3) is 11.7 Å². The first kappa shape index (κ1) is 23.4. The molecule has 184 valence electrons. The molecule has 2 aromatic carbocycles. The van der Waals surface area contributed by atoms with Crippen LogP contribution in [0.15, 0.2) is 66.5 Å². The number of aromatic nitrogens is 1. The number of carbonyl (C=O) groups is 2. The summed E-state index contributed by atoms with van der Waals surface area (Å²) in [6.45, 7) is 2.12. The van der Waals surface area contributed by atoms with Crippen LogP contribution < -0.4 is 14.2 Å². The minimum Gasteiger partial charge on any atom is -0.507 e. The Kier molecular flexibility index (Phi) is 6.10. The predicted molar refractivity (Wildman–Crippen MR) is 132 cm³/mol. The number of fused-ring (bicyclic) bond motifs is 1. The molecule has 5 rings (SSSR count). The molecule has 0 aliphatic carbocycles. The van der Waals surface area contributed by atoms with Crippen molar-refractivity contribution in [2.24, 2.45) is 0 Å². The fourth-order valence-corrected chi connectivity index (χ4v) is 4.82. The lowest BCUT2D eigenvalue weighted by Gasteiger charge is -2.27. The zero-order valence-corrected chi connectivity index (χ0v) is 20.2. The number of amides is 1. The van der Waals surface area contributed by atoms with Crippen LogP contribution in [0.1, 0.15) is 35.2 Å². The van der Waals surface area contributed by atoms with E-state index in [1.54, 1.807) is 62.0 Å². The Bertz CT molecular complexity index is 1370. The minimum absolute atomic E-state index is 0.00411. The summed E-state index contributed by atoms with van der Waals surface area (Å²) >= 11 is 0. The third kappa shape index (κ3) is 4.04. The van der Waals surface area contributed by atoms with Gasteiger partial charge in [-0.1, -0.05) is 0 Å². The van der Waals surface area contributed by atoms with E-state index >= 15 is 0 Å². The van der Waals surface area contributed by atoms with Crippen molar-refractivity contribution in [2.75, 3.05) is 14.2 Å². The Morgan fingerprint density at radius 1 is 1.08 bits per heavy atom. The maximum atomic E-state index is 13.4. The van der Waals surface area contributed by atoms with Gasteiger partial charge in [-0.25, -0.2) is 0 Å². The molecule has 36 heavy (non-hydrogen) atoms. The zero-order valence-electron chi connectivity index (χ0n) is 20.2. The first-order valence-electron chi connectivity index (χ1n) is 11.6. The third-order valence-corrected chi connectivity index (χ3v) is 6.55. The van der Waals surface area contributed by atoms with E-state index in [0.717, 1.165) is 16.9 Å². The molecule has 0 bridgehead atoms. The normalized spacial score (nSPS) is 20.2. The lowest BCUT2D eigenvalue weighted by molar-refractivity contribution is -0.140. The molecule has 0 radical (unpaired) electrons. The summed E-state index contributed by atoms with van der Waals surface area (Å²) in [5, 5.41) is 11.4. The van der Waals surface area contributed by atoms with Crippen LogP contribution in [0.3, 0.4) is 0 Å². The van der Waals surface area contributed by atoms with Gasteiger partial charge in [0.1, 0.15) is 29.1 Å². The molecule has 2 atom stereocenters. The van der Waals surface area contributed by atoms with Gasteiger partial charge >= 0.3 is 0 Å². The highest BCUT2D eigenvalue weighted by Crippen LogP contribution is 2.44. The van der Waals surface area contributed by atoms with E-state index in [2.05, 4.69) is 4.98 Å². The number of Topliss-reactive ketones (excluding diaryl/α,β-unsaturated/α-hetero) is 1. The summed E-state index contributed by atoms with van der Waals surface area (Å²) < 4.78 is 16.7. The van der Waals surface area contributed by atoms with Crippen LogP contribution in [0.25, 0.3) is 5.76 Å². The lowest BCUT2D eigenvalue weighted by Crippen LogP contribution is -2.29. The summed E-state index contributed by atoms with van der Waals surface area (Å²) in [6.07, 6.45) is 3.99. The third-order valence-electron chi connectivity index (χ3n) is 6.55. The highest BCUT2D eigenvalue weighted by atomic mass is 16.5. The molecular formula is C28H26N2O6. The molecule has 2 aliphatic heterocycles. The van der Waals surface area contributed by atoms with Gasteiger partial charge in [0.15, 0.2) is 0 Å². The fourth-order valence-electron chi connectivity index (χ4n) is 4.82. The highest BCUT2D eigenvalue weighted by molar-refractivity contribution is 6.46. The highest BCUT2D eigenvalue weighted by Gasteiger charge is 2.47. The molecule has 1 saturated heterocycles. The van der Waals surface area contributed by atoms with Crippen LogP contribution in [-0.4, -0.2) is 47.0 Å². The maximum Gasteiger partial charge on any atom is 0.295 e. The summed E-state index contributed by atoms with van der Waals surface area (Å²) in [7, 11) is 3.05. The van der Waals surface area contributed by atoms with E-state index in [1.165, 1.54) is 12.0 Å². The number of carbonyl (C=O) groups excluding carboxylic acids is 2. The van der Waals surface area contributed by atoms with Crippen LogP contribution in [-0.2, 0) is 22.6 Å². The lowest BCUT2D eigenvalue weighted by atomic mass is 9.93. The number of hydrogen-bond donors (Lipinski definition) is 1. The Balaban J connectivity index is 1.67. The molecular weight excluding hydrogens is 460 g/mol. The van der Waals surface area contributed by atoms with Crippen molar-refractivity contribution >= 4 is 17.4 Å². The van der Waals surface area contributed by atoms with E-state index in [4.69, 9.17) is 14.2 Å². The van der Waals surface area contributed by atoms with Crippen molar-refractivity contribution in [3.05, 3.63) is 88.8 Å². The van der Waals surface area contributed by atoms with Gasteiger partial charge in [-0.05, 0) is 60.5 Å². The largest absolute Gasteiger partial charge is 0.507 e. The SMILES string of the molecule is COc1ccc(C2C(=C(O)c3ccc4c(c3)CC(C)O4)C(=O)C(=O)N2Cc2ccncc2)c(OC)c1. The zero-order chi connectivity index (χ0) is 25.4. The number of benzene rings is 2. The number of pyridine rings is 1. The van der Waals surface area contributed by atoms with Crippen LogP contribution in [0.5, 0.6) is 17.2 Å². The second-order valence-electron chi connectivity index (χ2n) is 8.85. The molecule has 8 nitrogen and oxygen atoms in total. The number of nitrogens with zero attached hydrogens (tertiary/aromatic N) is 2. The van der Waals surface area contributed by atoms with E-state index in [9.17, 15) is 14.7 Å².